The van der Waals surface area contributed by atoms with Gasteiger partial charge in [0.05, 0.1) is 11.6 Å². The number of pyridine rings is 1. The van der Waals surface area contributed by atoms with E-state index in [0.29, 0.717) is 11.2 Å². The van der Waals surface area contributed by atoms with Crippen LogP contribution < -0.4 is 5.32 Å². The van der Waals surface area contributed by atoms with Crippen molar-refractivity contribution in [1.82, 2.24) is 14.6 Å². The Morgan fingerprint density at radius 3 is 2.96 bits per heavy atom. The van der Waals surface area contributed by atoms with Gasteiger partial charge in [-0.2, -0.15) is 0 Å². The fourth-order valence-corrected chi connectivity index (χ4v) is 4.81. The summed E-state index contributed by atoms with van der Waals surface area (Å²) in [7, 11) is 0. The summed E-state index contributed by atoms with van der Waals surface area (Å²) in [5.41, 5.74) is 3.51. The number of fused-ring (bicyclic) bond motifs is 4. The van der Waals surface area contributed by atoms with Gasteiger partial charge in [0, 0.05) is 35.0 Å². The molecule has 26 heavy (non-hydrogen) atoms. The average Bonchev–Trinajstić information content (AvgIpc) is 3.21. The molecule has 1 saturated heterocycles. The molecule has 2 unspecified atom stereocenters. The minimum atomic E-state index is -0.260. The minimum absolute atomic E-state index is 0.0460. The summed E-state index contributed by atoms with van der Waals surface area (Å²) in [5.74, 6) is -0.260. The van der Waals surface area contributed by atoms with Gasteiger partial charge in [0.25, 0.3) is 0 Å². The van der Waals surface area contributed by atoms with E-state index in [4.69, 9.17) is 4.74 Å². The van der Waals surface area contributed by atoms with E-state index in [1.807, 2.05) is 24.4 Å². The second kappa shape index (κ2) is 5.04. The maximum Gasteiger partial charge on any atom is 0.168 e. The first-order valence-corrected chi connectivity index (χ1v) is 8.93. The highest BCUT2D eigenvalue weighted by molar-refractivity contribution is 5.80. The molecule has 2 atom stereocenters. The normalized spacial score (nSPS) is 26.4. The van der Waals surface area contributed by atoms with Gasteiger partial charge in [-0.15, -0.1) is 10.2 Å². The van der Waals surface area contributed by atoms with E-state index in [1.54, 1.807) is 16.8 Å². The first kappa shape index (κ1) is 15.8. The van der Waals surface area contributed by atoms with Crippen molar-refractivity contribution in [1.29, 1.82) is 0 Å². The number of aromatic nitrogens is 3. The van der Waals surface area contributed by atoms with E-state index < -0.39 is 0 Å². The van der Waals surface area contributed by atoms with Crippen LogP contribution in [0, 0.1) is 5.82 Å². The molecular formula is C20H21FN4O. The summed E-state index contributed by atoms with van der Waals surface area (Å²) in [6.07, 6.45) is 4.46. The Labute approximate surface area is 151 Å². The molecule has 1 N–H and O–H groups in total. The summed E-state index contributed by atoms with van der Waals surface area (Å²) >= 11 is 0. The van der Waals surface area contributed by atoms with Gasteiger partial charge in [-0.05, 0) is 50.1 Å². The SMILES string of the molecule is CC1(C)Nc2cc(F)c(-c3cccn4cnnc34)cc2C2(C)CCOC12. The fourth-order valence-electron chi connectivity index (χ4n) is 4.81. The van der Waals surface area contributed by atoms with E-state index in [9.17, 15) is 0 Å². The van der Waals surface area contributed by atoms with Gasteiger partial charge in [-0.1, -0.05) is 6.92 Å². The summed E-state index contributed by atoms with van der Waals surface area (Å²) in [6, 6.07) is 7.36. The Bertz CT molecular complexity index is 1030. The van der Waals surface area contributed by atoms with Gasteiger partial charge in [0.2, 0.25) is 0 Å². The number of halogens is 1. The number of anilines is 1. The van der Waals surface area contributed by atoms with Crippen molar-refractivity contribution in [2.45, 2.75) is 44.2 Å². The van der Waals surface area contributed by atoms with E-state index in [2.05, 4.69) is 36.3 Å². The predicted molar refractivity (Wildman–Crippen MR) is 97.8 cm³/mol. The van der Waals surface area contributed by atoms with Crippen molar-refractivity contribution < 1.29 is 9.13 Å². The van der Waals surface area contributed by atoms with Crippen LogP contribution in [0.2, 0.25) is 0 Å². The molecule has 4 heterocycles. The van der Waals surface area contributed by atoms with Crippen molar-refractivity contribution in [3.05, 3.63) is 48.2 Å². The molecular weight excluding hydrogens is 331 g/mol. The third-order valence-electron chi connectivity index (χ3n) is 5.93. The van der Waals surface area contributed by atoms with Crippen LogP contribution in [-0.2, 0) is 10.2 Å². The maximum atomic E-state index is 15.1. The van der Waals surface area contributed by atoms with Gasteiger partial charge in [-0.25, -0.2) is 4.39 Å². The van der Waals surface area contributed by atoms with Gasteiger partial charge < -0.3 is 10.1 Å². The Hall–Kier alpha value is -2.47. The van der Waals surface area contributed by atoms with Crippen molar-refractivity contribution in [2.24, 2.45) is 0 Å². The average molecular weight is 352 g/mol. The first-order chi connectivity index (χ1) is 12.4. The highest BCUT2D eigenvalue weighted by atomic mass is 19.1. The molecule has 3 aromatic rings. The van der Waals surface area contributed by atoms with Crippen LogP contribution in [0.4, 0.5) is 10.1 Å². The maximum absolute atomic E-state index is 15.1. The van der Waals surface area contributed by atoms with E-state index in [0.717, 1.165) is 29.8 Å². The molecule has 0 bridgehead atoms. The second-order valence-electron chi connectivity index (χ2n) is 8.13. The molecule has 2 aliphatic heterocycles. The monoisotopic (exact) mass is 352 g/mol. The molecule has 134 valence electrons. The lowest BCUT2D eigenvalue weighted by molar-refractivity contribution is 0.0352. The predicted octanol–water partition coefficient (Wildman–Crippen LogP) is 3.79. The Kier molecular flexibility index (Phi) is 3.05. The number of benzene rings is 1. The van der Waals surface area contributed by atoms with E-state index >= 15 is 4.39 Å². The van der Waals surface area contributed by atoms with Crippen molar-refractivity contribution >= 4 is 11.3 Å². The highest BCUT2D eigenvalue weighted by Gasteiger charge is 2.53. The topological polar surface area (TPSA) is 51.5 Å². The van der Waals surface area contributed by atoms with Crippen LogP contribution in [0.1, 0.15) is 32.8 Å². The lowest BCUT2D eigenvalue weighted by Crippen LogP contribution is -2.56. The number of ether oxygens (including phenoxy) is 1. The van der Waals surface area contributed by atoms with Gasteiger partial charge in [0.1, 0.15) is 12.1 Å². The first-order valence-electron chi connectivity index (χ1n) is 8.93. The summed E-state index contributed by atoms with van der Waals surface area (Å²) in [5, 5.41) is 11.6. The minimum Gasteiger partial charge on any atom is -0.377 e. The zero-order valence-corrected chi connectivity index (χ0v) is 15.1. The standard InChI is InChI=1S/C20H21FN4O/c1-19(2)18-20(3,6-8-26-18)14-9-13(15(21)10-16(14)23-19)12-5-4-7-25-11-22-24-17(12)25/h4-5,7,9-11,18,23H,6,8H2,1-3H3. The lowest BCUT2D eigenvalue weighted by atomic mass is 9.66. The van der Waals surface area contributed by atoms with Crippen molar-refractivity contribution in [3.8, 4) is 11.1 Å². The number of nitrogens with zero attached hydrogens (tertiary/aromatic N) is 3. The third-order valence-corrected chi connectivity index (χ3v) is 5.93. The molecule has 0 aliphatic carbocycles. The molecule has 0 spiro atoms. The zero-order valence-electron chi connectivity index (χ0n) is 15.1. The fraction of sp³-hybridized carbons (Fsp3) is 0.400. The largest absolute Gasteiger partial charge is 0.377 e. The van der Waals surface area contributed by atoms with E-state index in [1.165, 1.54) is 0 Å². The van der Waals surface area contributed by atoms with Gasteiger partial charge in [0.15, 0.2) is 5.65 Å². The number of nitrogens with one attached hydrogen (secondary N) is 1. The molecule has 1 aromatic carbocycles. The van der Waals surface area contributed by atoms with Crippen LogP contribution in [0.5, 0.6) is 0 Å². The number of rotatable bonds is 1. The molecule has 6 heteroatoms. The van der Waals surface area contributed by atoms with E-state index in [-0.39, 0.29) is 22.9 Å². The number of hydrogen-bond donors (Lipinski definition) is 1. The van der Waals surface area contributed by atoms with Crippen LogP contribution in [0.15, 0.2) is 36.8 Å². The smallest absolute Gasteiger partial charge is 0.168 e. The number of hydrogen-bond acceptors (Lipinski definition) is 4. The molecule has 5 nitrogen and oxygen atoms in total. The van der Waals surface area contributed by atoms with Gasteiger partial charge in [-0.3, -0.25) is 4.40 Å². The quantitative estimate of drug-likeness (QED) is 0.724. The zero-order chi connectivity index (χ0) is 18.1. The summed E-state index contributed by atoms with van der Waals surface area (Å²) in [4.78, 5) is 0. The Balaban J connectivity index is 1.76. The van der Waals surface area contributed by atoms with Crippen molar-refractivity contribution in [3.63, 3.8) is 0 Å². The van der Waals surface area contributed by atoms with Crippen molar-refractivity contribution in [2.75, 3.05) is 11.9 Å². The third kappa shape index (κ3) is 1.99. The molecule has 0 saturated carbocycles. The lowest BCUT2D eigenvalue weighted by Gasteiger charge is -2.48. The summed E-state index contributed by atoms with van der Waals surface area (Å²) < 4.78 is 23.0. The molecule has 2 aromatic heterocycles. The van der Waals surface area contributed by atoms with Crippen LogP contribution in [-0.4, -0.2) is 32.8 Å². The highest BCUT2D eigenvalue weighted by Crippen LogP contribution is 2.51. The van der Waals surface area contributed by atoms with Gasteiger partial charge >= 0.3 is 0 Å². The second-order valence-corrected chi connectivity index (χ2v) is 8.13. The Morgan fingerprint density at radius 1 is 1.27 bits per heavy atom. The Morgan fingerprint density at radius 2 is 2.12 bits per heavy atom. The van der Waals surface area contributed by atoms with Crippen LogP contribution in [0.25, 0.3) is 16.8 Å². The molecule has 2 aliphatic rings. The molecule has 0 radical (unpaired) electrons. The summed E-state index contributed by atoms with van der Waals surface area (Å²) in [6.45, 7) is 7.18. The molecule has 0 amide bonds. The van der Waals surface area contributed by atoms with Crippen LogP contribution >= 0.6 is 0 Å². The molecule has 5 rings (SSSR count). The molecule has 1 fully saturated rings. The van der Waals surface area contributed by atoms with Crippen LogP contribution in [0.3, 0.4) is 0 Å².